The first-order valence-corrected chi connectivity index (χ1v) is 11.1. The second kappa shape index (κ2) is 7.91. The van der Waals surface area contributed by atoms with Crippen LogP contribution in [0.4, 0.5) is 15.0 Å². The number of benzene rings is 1. The number of rotatable bonds is 4. The molecule has 1 aromatic heterocycles. The maximum absolute atomic E-state index is 13.1. The Kier molecular flexibility index (Phi) is 5.10. The van der Waals surface area contributed by atoms with Crippen molar-refractivity contribution in [1.82, 2.24) is 10.3 Å². The summed E-state index contributed by atoms with van der Waals surface area (Å²) in [6.45, 7) is 1.64. The Bertz CT molecular complexity index is 976. The molecule has 2 saturated heterocycles. The summed E-state index contributed by atoms with van der Waals surface area (Å²) in [5.41, 5.74) is 2.36. The molecule has 1 N–H and O–H groups in total. The Labute approximate surface area is 178 Å². The summed E-state index contributed by atoms with van der Waals surface area (Å²) < 4.78 is 19.3. The number of aryl methyl sites for hydroxylation is 1. The quantitative estimate of drug-likeness (QED) is 0.803. The summed E-state index contributed by atoms with van der Waals surface area (Å²) in [4.78, 5) is 29.9. The highest BCUT2D eigenvalue weighted by Gasteiger charge is 2.41. The normalized spacial score (nSPS) is 24.1. The lowest BCUT2D eigenvalue weighted by Crippen LogP contribution is -2.38. The van der Waals surface area contributed by atoms with Gasteiger partial charge in [0.25, 0.3) is 5.24 Å². The average Bonchev–Trinajstić information content (AvgIpc) is 3.31. The molecule has 2 aromatic rings. The van der Waals surface area contributed by atoms with Crippen molar-refractivity contribution in [3.8, 4) is 5.75 Å². The minimum absolute atomic E-state index is 0.0805. The van der Waals surface area contributed by atoms with E-state index in [0.717, 1.165) is 67.7 Å². The number of amides is 2. The predicted octanol–water partition coefficient (Wildman–Crippen LogP) is 3.65. The summed E-state index contributed by atoms with van der Waals surface area (Å²) in [6.07, 6.45) is 4.90. The lowest BCUT2D eigenvalue weighted by Gasteiger charge is -2.33. The van der Waals surface area contributed by atoms with Crippen LogP contribution in [0, 0.1) is 5.82 Å². The van der Waals surface area contributed by atoms with E-state index in [9.17, 15) is 14.0 Å². The van der Waals surface area contributed by atoms with Gasteiger partial charge < -0.3 is 9.64 Å². The maximum Gasteiger partial charge on any atom is 0.286 e. The number of fused-ring (bicyclic) bond motifs is 1. The standard InChI is InChI=1S/C22H22FN3O3S/c23-14-2-6-19(24-12-14)26-9-7-15(8-10-26)29-16-3-5-17-13(11-16)1-4-18(17)20-21(27)25-22(28)30-20/h2-3,5-6,11-12,15,18,20H,1,4,7-10H2,(H,25,27,28)/t18-,20?/m1/s1. The summed E-state index contributed by atoms with van der Waals surface area (Å²) >= 11 is 1.10. The Morgan fingerprint density at radius 3 is 2.67 bits per heavy atom. The van der Waals surface area contributed by atoms with Gasteiger partial charge in [-0.3, -0.25) is 14.9 Å². The van der Waals surface area contributed by atoms with Crippen molar-refractivity contribution in [2.24, 2.45) is 0 Å². The zero-order valence-corrected chi connectivity index (χ0v) is 17.2. The number of nitrogens with one attached hydrogen (secondary N) is 1. The molecule has 6 nitrogen and oxygen atoms in total. The van der Waals surface area contributed by atoms with E-state index in [0.29, 0.717) is 0 Å². The molecule has 2 amide bonds. The van der Waals surface area contributed by atoms with Crippen LogP contribution in [0.15, 0.2) is 36.5 Å². The van der Waals surface area contributed by atoms with Crippen LogP contribution in [-0.4, -0.2) is 40.6 Å². The van der Waals surface area contributed by atoms with E-state index >= 15 is 0 Å². The van der Waals surface area contributed by atoms with E-state index < -0.39 is 0 Å². The van der Waals surface area contributed by atoms with Crippen molar-refractivity contribution < 1.29 is 18.7 Å². The number of carbonyl (C=O) groups excluding carboxylic acids is 2. The number of piperidine rings is 1. The van der Waals surface area contributed by atoms with Crippen molar-refractivity contribution in [3.63, 3.8) is 0 Å². The molecule has 3 aliphatic rings. The zero-order valence-electron chi connectivity index (χ0n) is 16.3. The molecule has 2 fully saturated rings. The number of hydrogen-bond acceptors (Lipinski definition) is 6. The Balaban J connectivity index is 1.21. The van der Waals surface area contributed by atoms with E-state index in [1.807, 2.05) is 6.07 Å². The van der Waals surface area contributed by atoms with Crippen LogP contribution in [-0.2, 0) is 11.2 Å². The number of anilines is 1. The molecule has 1 aliphatic carbocycles. The van der Waals surface area contributed by atoms with Crippen molar-refractivity contribution in [1.29, 1.82) is 0 Å². The fourth-order valence-corrected chi connectivity index (χ4v) is 5.60. The number of ether oxygens (including phenoxy) is 1. The van der Waals surface area contributed by atoms with Crippen molar-refractivity contribution in [2.75, 3.05) is 18.0 Å². The molecule has 1 unspecified atom stereocenters. The van der Waals surface area contributed by atoms with Gasteiger partial charge in [0, 0.05) is 31.8 Å². The molecule has 0 bridgehead atoms. The van der Waals surface area contributed by atoms with Crippen molar-refractivity contribution in [2.45, 2.75) is 43.0 Å². The number of pyridine rings is 1. The van der Waals surface area contributed by atoms with Crippen LogP contribution < -0.4 is 15.0 Å². The minimum Gasteiger partial charge on any atom is -0.490 e. The van der Waals surface area contributed by atoms with Gasteiger partial charge in [0.2, 0.25) is 5.91 Å². The minimum atomic E-state index is -0.324. The monoisotopic (exact) mass is 427 g/mol. The molecule has 156 valence electrons. The molecule has 5 rings (SSSR count). The number of thioether (sulfide) groups is 1. The molecule has 0 radical (unpaired) electrons. The lowest BCUT2D eigenvalue weighted by molar-refractivity contribution is -0.119. The second-order valence-electron chi connectivity index (χ2n) is 7.96. The topological polar surface area (TPSA) is 71.5 Å². The highest BCUT2D eigenvalue weighted by atomic mass is 32.2. The first kappa shape index (κ1) is 19.4. The Hall–Kier alpha value is -2.61. The van der Waals surface area contributed by atoms with E-state index in [4.69, 9.17) is 4.74 Å². The van der Waals surface area contributed by atoms with E-state index in [2.05, 4.69) is 27.3 Å². The third-order valence-electron chi connectivity index (χ3n) is 6.10. The number of nitrogens with zero attached hydrogens (tertiary/aromatic N) is 2. The Morgan fingerprint density at radius 2 is 1.97 bits per heavy atom. The highest BCUT2D eigenvalue weighted by Crippen LogP contribution is 2.43. The van der Waals surface area contributed by atoms with Crippen LogP contribution in [0.1, 0.15) is 36.3 Å². The van der Waals surface area contributed by atoms with Crippen LogP contribution in [0.2, 0.25) is 0 Å². The fourth-order valence-electron chi connectivity index (χ4n) is 4.60. The highest BCUT2D eigenvalue weighted by molar-refractivity contribution is 8.15. The molecule has 0 spiro atoms. The molecule has 2 atom stereocenters. The number of carbonyl (C=O) groups is 2. The molecule has 3 heterocycles. The van der Waals surface area contributed by atoms with Crippen molar-refractivity contribution >= 4 is 28.7 Å². The number of aromatic nitrogens is 1. The number of hydrogen-bond donors (Lipinski definition) is 1. The molecular weight excluding hydrogens is 405 g/mol. The van der Waals surface area contributed by atoms with Crippen LogP contribution >= 0.6 is 11.8 Å². The first-order valence-electron chi connectivity index (χ1n) is 10.2. The van der Waals surface area contributed by atoms with E-state index in [1.165, 1.54) is 17.8 Å². The van der Waals surface area contributed by atoms with E-state index in [-0.39, 0.29) is 34.2 Å². The number of halogens is 1. The van der Waals surface area contributed by atoms with Crippen LogP contribution in [0.5, 0.6) is 5.75 Å². The zero-order chi connectivity index (χ0) is 20.7. The SMILES string of the molecule is O=C1NC(=O)C([C@@H]2CCc3cc(OC4CCN(c5ccc(F)cn5)CC4)ccc32)S1. The third-order valence-corrected chi connectivity index (χ3v) is 7.21. The first-order chi connectivity index (χ1) is 14.6. The van der Waals surface area contributed by atoms with Crippen molar-refractivity contribution in [3.05, 3.63) is 53.5 Å². The second-order valence-corrected chi connectivity index (χ2v) is 9.07. The maximum atomic E-state index is 13.1. The van der Waals surface area contributed by atoms with Gasteiger partial charge in [-0.25, -0.2) is 9.37 Å². The summed E-state index contributed by atoms with van der Waals surface area (Å²) in [7, 11) is 0. The molecule has 30 heavy (non-hydrogen) atoms. The number of imide groups is 1. The van der Waals surface area contributed by atoms with Gasteiger partial charge in [0.05, 0.1) is 6.20 Å². The summed E-state index contributed by atoms with van der Waals surface area (Å²) in [5, 5.41) is 1.82. The molecule has 1 aromatic carbocycles. The van der Waals surface area contributed by atoms with Gasteiger partial charge in [0.1, 0.15) is 28.7 Å². The molecule has 2 aliphatic heterocycles. The van der Waals surface area contributed by atoms with Gasteiger partial charge in [-0.05, 0) is 48.2 Å². The van der Waals surface area contributed by atoms with Gasteiger partial charge >= 0.3 is 0 Å². The van der Waals surface area contributed by atoms with Crippen LogP contribution in [0.3, 0.4) is 0 Å². The lowest BCUT2D eigenvalue weighted by atomic mass is 9.97. The average molecular weight is 428 g/mol. The summed E-state index contributed by atoms with van der Waals surface area (Å²) in [5.74, 6) is 1.23. The Morgan fingerprint density at radius 1 is 1.13 bits per heavy atom. The smallest absolute Gasteiger partial charge is 0.286 e. The van der Waals surface area contributed by atoms with Crippen LogP contribution in [0.25, 0.3) is 0 Å². The molecule has 0 saturated carbocycles. The fraction of sp³-hybridized carbons (Fsp3) is 0.409. The largest absolute Gasteiger partial charge is 0.490 e. The van der Waals surface area contributed by atoms with Gasteiger partial charge in [-0.1, -0.05) is 17.8 Å². The van der Waals surface area contributed by atoms with Gasteiger partial charge in [0.15, 0.2) is 0 Å². The third kappa shape index (κ3) is 3.76. The molecule has 8 heteroatoms. The van der Waals surface area contributed by atoms with E-state index in [1.54, 1.807) is 6.07 Å². The van der Waals surface area contributed by atoms with Gasteiger partial charge in [-0.15, -0.1) is 0 Å². The predicted molar refractivity (Wildman–Crippen MR) is 112 cm³/mol. The molecular formula is C22H22FN3O3S. The summed E-state index contributed by atoms with van der Waals surface area (Å²) in [6, 6.07) is 9.26. The van der Waals surface area contributed by atoms with Gasteiger partial charge in [-0.2, -0.15) is 0 Å².